The second-order valence-corrected chi connectivity index (χ2v) is 13.2. The van der Waals surface area contributed by atoms with Crippen molar-refractivity contribution in [1.29, 1.82) is 0 Å². The van der Waals surface area contributed by atoms with Crippen molar-refractivity contribution in [3.05, 3.63) is 119 Å². The minimum Gasteiger partial charge on any atom is -0.478 e. The smallest absolute Gasteiger partial charge is 0.338 e. The first-order valence-corrected chi connectivity index (χ1v) is 17.8. The molecular weight excluding hydrogens is 655 g/mol. The van der Waals surface area contributed by atoms with E-state index in [1.165, 1.54) is 18.7 Å². The highest BCUT2D eigenvalue weighted by Gasteiger charge is 2.32. The van der Waals surface area contributed by atoms with E-state index in [2.05, 4.69) is 21.7 Å². The molecule has 3 atom stereocenters. The van der Waals surface area contributed by atoms with Gasteiger partial charge in [-0.3, -0.25) is 9.59 Å². The van der Waals surface area contributed by atoms with E-state index >= 15 is 0 Å². The summed E-state index contributed by atoms with van der Waals surface area (Å²) in [7, 11) is 0. The number of hydrogen-bond donors (Lipinski definition) is 4. The van der Waals surface area contributed by atoms with Gasteiger partial charge in [0.2, 0.25) is 11.8 Å². The van der Waals surface area contributed by atoms with Gasteiger partial charge in [0.1, 0.15) is 5.03 Å². The first-order valence-electron chi connectivity index (χ1n) is 16.8. The Morgan fingerprint density at radius 1 is 0.860 bits per heavy atom. The minimum atomic E-state index is -1.02. The number of carbonyl (C=O) groups excluding carboxylic acids is 2. The lowest BCUT2D eigenvalue weighted by molar-refractivity contribution is -0.245. The molecule has 2 amide bonds. The summed E-state index contributed by atoms with van der Waals surface area (Å²) in [6, 6.07) is 26.9. The number of thioether (sulfide) groups is 1. The zero-order chi connectivity index (χ0) is 35.3. The largest absolute Gasteiger partial charge is 0.478 e. The summed E-state index contributed by atoms with van der Waals surface area (Å²) in [6.07, 6.45) is 3.94. The molecule has 3 aromatic carbocycles. The van der Waals surface area contributed by atoms with Gasteiger partial charge < -0.3 is 30.3 Å². The van der Waals surface area contributed by atoms with E-state index in [1.54, 1.807) is 18.3 Å². The van der Waals surface area contributed by atoms with Crippen molar-refractivity contribution in [3.8, 4) is 11.1 Å². The molecule has 4 N–H and O–H groups in total. The molecule has 4 aromatic rings. The number of amides is 2. The van der Waals surface area contributed by atoms with Gasteiger partial charge in [-0.2, -0.15) is 0 Å². The third-order valence-electron chi connectivity index (χ3n) is 8.41. The Hall–Kier alpha value is -4.55. The average Bonchev–Trinajstić information content (AvgIpc) is 3.14. The fourth-order valence-electron chi connectivity index (χ4n) is 5.70. The summed E-state index contributed by atoms with van der Waals surface area (Å²) in [5.41, 5.74) is 5.82. The van der Waals surface area contributed by atoms with Crippen molar-refractivity contribution in [2.24, 2.45) is 0 Å². The Balaban J connectivity index is 1.22. The predicted octanol–water partition coefficient (Wildman–Crippen LogP) is 6.59. The van der Waals surface area contributed by atoms with Crippen molar-refractivity contribution < 1.29 is 34.1 Å². The maximum atomic E-state index is 12.4. The standard InChI is InChI=1S/C39H43N3O7S/c1-26(44)40-19-4-2-3-10-36(45)42-23-28-7-5-8-32(21-28)29-15-17-31(18-16-29)39-48-33(25-50-37-34(38(46)47)9-6-20-41-37)22-35(49-39)30-13-11-27(24-43)12-14-30/h5-9,11-18,20-21,33,35,39,43H,2-4,10,19,22-25H2,1H3,(H,40,44)(H,42,45)(H,46,47)/t33-,35+,39+/m0/s1. The van der Waals surface area contributed by atoms with E-state index in [0.717, 1.165) is 52.6 Å². The van der Waals surface area contributed by atoms with Crippen LogP contribution in [0, 0.1) is 0 Å². The number of aromatic nitrogens is 1. The fraction of sp³-hybridized carbons (Fsp3) is 0.333. The van der Waals surface area contributed by atoms with Crippen LogP contribution in [-0.2, 0) is 32.2 Å². The van der Waals surface area contributed by atoms with Crippen molar-refractivity contribution >= 4 is 29.5 Å². The van der Waals surface area contributed by atoms with Crippen LogP contribution >= 0.6 is 11.8 Å². The van der Waals surface area contributed by atoms with Crippen LogP contribution in [0.5, 0.6) is 0 Å². The summed E-state index contributed by atoms with van der Waals surface area (Å²) in [6.45, 7) is 2.53. The molecule has 0 aliphatic carbocycles. The van der Waals surface area contributed by atoms with Gasteiger partial charge in [-0.25, -0.2) is 9.78 Å². The first kappa shape index (κ1) is 36.7. The van der Waals surface area contributed by atoms with E-state index < -0.39 is 12.3 Å². The van der Waals surface area contributed by atoms with E-state index in [9.17, 15) is 24.6 Å². The van der Waals surface area contributed by atoms with E-state index in [0.29, 0.717) is 36.7 Å². The minimum absolute atomic E-state index is 0.00784. The highest BCUT2D eigenvalue weighted by atomic mass is 32.2. The SMILES string of the molecule is CC(=O)NCCCCCC(=O)NCc1cccc(-c2ccc([C@@H]3O[C@H](CSc4ncccc4C(=O)O)C[C@H](c4ccc(CO)cc4)O3)cc2)c1. The Bertz CT molecular complexity index is 1730. The molecule has 0 saturated carbocycles. The van der Waals surface area contributed by atoms with Crippen LogP contribution in [0.15, 0.2) is 96.2 Å². The lowest BCUT2D eigenvalue weighted by Crippen LogP contribution is -2.31. The van der Waals surface area contributed by atoms with Gasteiger partial charge >= 0.3 is 5.97 Å². The van der Waals surface area contributed by atoms with Gasteiger partial charge in [-0.05, 0) is 58.9 Å². The number of rotatable bonds is 16. The Morgan fingerprint density at radius 3 is 2.38 bits per heavy atom. The van der Waals surface area contributed by atoms with Crippen molar-refractivity contribution in [3.63, 3.8) is 0 Å². The van der Waals surface area contributed by atoms with Crippen LogP contribution < -0.4 is 10.6 Å². The van der Waals surface area contributed by atoms with E-state index in [1.807, 2.05) is 66.7 Å². The number of unbranched alkanes of at least 4 members (excludes halogenated alkanes) is 2. The van der Waals surface area contributed by atoms with Gasteiger partial charge in [0.05, 0.1) is 24.4 Å². The molecule has 11 heteroatoms. The second-order valence-electron chi connectivity index (χ2n) is 12.2. The van der Waals surface area contributed by atoms with Gasteiger partial charge in [0.25, 0.3) is 0 Å². The number of nitrogens with one attached hydrogen (secondary N) is 2. The summed E-state index contributed by atoms with van der Waals surface area (Å²) >= 11 is 1.35. The monoisotopic (exact) mass is 697 g/mol. The molecule has 10 nitrogen and oxygen atoms in total. The molecule has 0 spiro atoms. The molecule has 0 unspecified atom stereocenters. The summed E-state index contributed by atoms with van der Waals surface area (Å²) in [5, 5.41) is 25.3. The zero-order valence-corrected chi connectivity index (χ0v) is 28.9. The quantitative estimate of drug-likeness (QED) is 0.0752. The molecular formula is C39H43N3O7S. The zero-order valence-electron chi connectivity index (χ0n) is 28.0. The number of aliphatic hydroxyl groups is 1. The van der Waals surface area contributed by atoms with Gasteiger partial charge in [0, 0.05) is 50.4 Å². The maximum Gasteiger partial charge on any atom is 0.338 e. The fourth-order valence-corrected chi connectivity index (χ4v) is 6.70. The molecule has 0 radical (unpaired) electrons. The number of carboxylic acid groups (broad SMARTS) is 1. The van der Waals surface area contributed by atoms with Crippen molar-refractivity contribution in [1.82, 2.24) is 15.6 Å². The summed E-state index contributed by atoms with van der Waals surface area (Å²) < 4.78 is 12.9. The van der Waals surface area contributed by atoms with Crippen LogP contribution in [-0.4, -0.2) is 51.4 Å². The molecule has 50 heavy (non-hydrogen) atoms. The number of carboxylic acids is 1. The third-order valence-corrected chi connectivity index (χ3v) is 9.55. The van der Waals surface area contributed by atoms with Crippen LogP contribution in [0.25, 0.3) is 11.1 Å². The van der Waals surface area contributed by atoms with Crippen LogP contribution in [0.1, 0.15) is 84.0 Å². The van der Waals surface area contributed by atoms with Gasteiger partial charge in [-0.15, -0.1) is 11.8 Å². The molecule has 5 rings (SSSR count). The highest BCUT2D eigenvalue weighted by Crippen LogP contribution is 2.40. The molecule has 2 heterocycles. The highest BCUT2D eigenvalue weighted by molar-refractivity contribution is 7.99. The van der Waals surface area contributed by atoms with Gasteiger partial charge in [-0.1, -0.05) is 73.2 Å². The number of benzene rings is 3. The van der Waals surface area contributed by atoms with Gasteiger partial charge in [0.15, 0.2) is 6.29 Å². The molecule has 0 bridgehead atoms. The Kier molecular flexibility index (Phi) is 13.5. The number of nitrogens with zero attached hydrogens (tertiary/aromatic N) is 1. The van der Waals surface area contributed by atoms with Crippen LogP contribution in [0.2, 0.25) is 0 Å². The maximum absolute atomic E-state index is 12.4. The lowest BCUT2D eigenvalue weighted by atomic mass is 9.99. The number of aromatic carboxylic acids is 1. The molecule has 262 valence electrons. The molecule has 1 aliphatic rings. The number of pyridine rings is 1. The van der Waals surface area contributed by atoms with Crippen LogP contribution in [0.3, 0.4) is 0 Å². The van der Waals surface area contributed by atoms with E-state index in [-0.39, 0.29) is 36.2 Å². The number of carbonyl (C=O) groups is 3. The number of ether oxygens (including phenoxy) is 2. The van der Waals surface area contributed by atoms with E-state index in [4.69, 9.17) is 9.47 Å². The average molecular weight is 698 g/mol. The second kappa shape index (κ2) is 18.4. The lowest BCUT2D eigenvalue weighted by Gasteiger charge is -2.36. The molecule has 1 saturated heterocycles. The van der Waals surface area contributed by atoms with Crippen molar-refractivity contribution in [2.75, 3.05) is 12.3 Å². The van der Waals surface area contributed by atoms with Crippen LogP contribution in [0.4, 0.5) is 0 Å². The molecule has 1 aliphatic heterocycles. The van der Waals surface area contributed by atoms with Crippen molar-refractivity contribution in [2.45, 2.75) is 75.7 Å². The normalized spacial score (nSPS) is 17.2. The number of aliphatic hydroxyl groups excluding tert-OH is 1. The molecule has 1 fully saturated rings. The third kappa shape index (κ3) is 10.7. The topological polar surface area (TPSA) is 147 Å². The first-order chi connectivity index (χ1) is 24.3. The Labute approximate surface area is 296 Å². The predicted molar refractivity (Wildman–Crippen MR) is 191 cm³/mol. The molecule has 1 aromatic heterocycles. The summed E-state index contributed by atoms with van der Waals surface area (Å²) in [4.78, 5) is 39.4. The Morgan fingerprint density at radius 2 is 1.64 bits per heavy atom. The number of hydrogen-bond acceptors (Lipinski definition) is 8. The summed E-state index contributed by atoms with van der Waals surface area (Å²) in [5.74, 6) is -0.563.